The molecule has 1 saturated heterocycles. The number of rotatable bonds is 8. The van der Waals surface area contributed by atoms with Crippen molar-refractivity contribution in [2.75, 3.05) is 32.6 Å². The van der Waals surface area contributed by atoms with Crippen molar-refractivity contribution in [1.29, 1.82) is 0 Å². The molecule has 0 aliphatic carbocycles. The molecule has 0 spiro atoms. The zero-order valence-corrected chi connectivity index (χ0v) is 22.0. The first-order chi connectivity index (χ1) is 18.4. The number of nitrogens with one attached hydrogen (secondary N) is 2. The minimum Gasteiger partial charge on any atom is -0.496 e. The normalized spacial score (nSPS) is 13.5. The van der Waals surface area contributed by atoms with Gasteiger partial charge >= 0.3 is 0 Å². The van der Waals surface area contributed by atoms with Crippen LogP contribution in [0.15, 0.2) is 66.7 Å². The first-order valence-electron chi connectivity index (χ1n) is 12.7. The largest absolute Gasteiger partial charge is 0.496 e. The topological polar surface area (TPSA) is 97.0 Å². The van der Waals surface area contributed by atoms with Crippen molar-refractivity contribution < 1.29 is 23.9 Å². The summed E-state index contributed by atoms with van der Waals surface area (Å²) in [6, 6.07) is 20.3. The standard InChI is InChI=1S/C30H33N3O5/c1-20-9-10-23(28(34)31-2)17-26(20)32-29(35)22-13-15-33(16-14-22)30(36)25-12-11-24(18-27(25)37-3)38-19-21-7-5-4-6-8-21/h4-12,17-18,22H,13-16,19H2,1-3H3,(H,31,34)(H,32,35). The van der Waals surface area contributed by atoms with Crippen LogP contribution in [0.25, 0.3) is 0 Å². The summed E-state index contributed by atoms with van der Waals surface area (Å²) in [6.07, 6.45) is 1.10. The van der Waals surface area contributed by atoms with Gasteiger partial charge in [-0.05, 0) is 55.2 Å². The maximum atomic E-state index is 13.3. The van der Waals surface area contributed by atoms with E-state index in [0.717, 1.165) is 11.1 Å². The number of methoxy groups -OCH3 is 1. The number of benzene rings is 3. The molecule has 198 valence electrons. The molecule has 3 aromatic rings. The molecule has 1 aliphatic heterocycles. The summed E-state index contributed by atoms with van der Waals surface area (Å²) >= 11 is 0. The molecule has 1 heterocycles. The predicted octanol–water partition coefficient (Wildman–Crippen LogP) is 4.43. The van der Waals surface area contributed by atoms with Crippen molar-refractivity contribution in [3.63, 3.8) is 0 Å². The molecule has 3 aromatic carbocycles. The van der Waals surface area contributed by atoms with Crippen LogP contribution in [0.5, 0.6) is 11.5 Å². The van der Waals surface area contributed by atoms with E-state index >= 15 is 0 Å². The molecular formula is C30H33N3O5. The lowest BCUT2D eigenvalue weighted by atomic mass is 9.95. The van der Waals surface area contributed by atoms with Crippen LogP contribution in [0.1, 0.15) is 44.7 Å². The molecule has 2 N–H and O–H groups in total. The highest BCUT2D eigenvalue weighted by Gasteiger charge is 2.29. The number of carbonyl (C=O) groups is 3. The van der Waals surface area contributed by atoms with E-state index in [1.54, 1.807) is 42.3 Å². The second-order valence-corrected chi connectivity index (χ2v) is 9.30. The summed E-state index contributed by atoms with van der Waals surface area (Å²) in [5.41, 5.74) is 3.49. The van der Waals surface area contributed by atoms with Crippen molar-refractivity contribution in [2.24, 2.45) is 5.92 Å². The van der Waals surface area contributed by atoms with E-state index in [0.29, 0.717) is 60.9 Å². The summed E-state index contributed by atoms with van der Waals surface area (Å²) in [6.45, 7) is 3.23. The number of piperidine rings is 1. The van der Waals surface area contributed by atoms with Crippen molar-refractivity contribution in [2.45, 2.75) is 26.4 Å². The van der Waals surface area contributed by atoms with Crippen molar-refractivity contribution in [1.82, 2.24) is 10.2 Å². The van der Waals surface area contributed by atoms with E-state index in [-0.39, 0.29) is 23.6 Å². The molecule has 0 unspecified atom stereocenters. The Bertz CT molecular complexity index is 1300. The van der Waals surface area contributed by atoms with Crippen LogP contribution in [0, 0.1) is 12.8 Å². The summed E-state index contributed by atoms with van der Waals surface area (Å²) in [5, 5.41) is 5.56. The van der Waals surface area contributed by atoms with Gasteiger partial charge in [0, 0.05) is 43.4 Å². The molecule has 3 amide bonds. The van der Waals surface area contributed by atoms with Gasteiger partial charge in [-0.15, -0.1) is 0 Å². The Kier molecular flexibility index (Phi) is 8.63. The molecular weight excluding hydrogens is 482 g/mol. The number of hydrogen-bond donors (Lipinski definition) is 2. The highest BCUT2D eigenvalue weighted by Crippen LogP contribution is 2.29. The van der Waals surface area contributed by atoms with Gasteiger partial charge in [0.15, 0.2) is 0 Å². The first-order valence-corrected chi connectivity index (χ1v) is 12.7. The van der Waals surface area contributed by atoms with Gasteiger partial charge in [-0.3, -0.25) is 14.4 Å². The first kappa shape index (κ1) is 26.7. The SMILES string of the molecule is CNC(=O)c1ccc(C)c(NC(=O)C2CCN(C(=O)c3ccc(OCc4ccccc4)cc3OC)CC2)c1. The molecule has 8 nitrogen and oxygen atoms in total. The van der Waals surface area contributed by atoms with Gasteiger partial charge < -0.3 is 25.0 Å². The van der Waals surface area contributed by atoms with Crippen LogP contribution in [0.4, 0.5) is 5.69 Å². The second kappa shape index (κ2) is 12.3. The molecule has 0 aromatic heterocycles. The molecule has 38 heavy (non-hydrogen) atoms. The predicted molar refractivity (Wildman–Crippen MR) is 146 cm³/mol. The van der Waals surface area contributed by atoms with Gasteiger partial charge in [0.2, 0.25) is 5.91 Å². The Morgan fingerprint density at radius 2 is 1.71 bits per heavy atom. The third-order valence-corrected chi connectivity index (χ3v) is 6.79. The van der Waals surface area contributed by atoms with Gasteiger partial charge in [-0.25, -0.2) is 0 Å². The average Bonchev–Trinajstić information content (AvgIpc) is 2.96. The molecule has 1 aliphatic rings. The fourth-order valence-corrected chi connectivity index (χ4v) is 4.47. The van der Waals surface area contributed by atoms with Crippen LogP contribution in [-0.4, -0.2) is 49.9 Å². The number of hydrogen-bond acceptors (Lipinski definition) is 5. The number of carbonyl (C=O) groups excluding carboxylic acids is 3. The zero-order valence-electron chi connectivity index (χ0n) is 22.0. The summed E-state index contributed by atoms with van der Waals surface area (Å²) in [4.78, 5) is 40.0. The van der Waals surface area contributed by atoms with E-state index in [4.69, 9.17) is 9.47 Å². The van der Waals surface area contributed by atoms with Crippen LogP contribution in [-0.2, 0) is 11.4 Å². The van der Waals surface area contributed by atoms with Crippen LogP contribution in [0.3, 0.4) is 0 Å². The summed E-state index contributed by atoms with van der Waals surface area (Å²) < 4.78 is 11.4. The Morgan fingerprint density at radius 1 is 0.974 bits per heavy atom. The van der Waals surface area contributed by atoms with E-state index in [2.05, 4.69) is 10.6 Å². The summed E-state index contributed by atoms with van der Waals surface area (Å²) in [5.74, 6) is 0.396. The van der Waals surface area contributed by atoms with Gasteiger partial charge in [-0.1, -0.05) is 36.4 Å². The van der Waals surface area contributed by atoms with Gasteiger partial charge in [0.1, 0.15) is 18.1 Å². The highest BCUT2D eigenvalue weighted by molar-refractivity contribution is 5.99. The van der Waals surface area contributed by atoms with Crippen LogP contribution >= 0.6 is 0 Å². The van der Waals surface area contributed by atoms with E-state index in [1.807, 2.05) is 43.3 Å². The minimum absolute atomic E-state index is 0.105. The maximum Gasteiger partial charge on any atom is 0.257 e. The van der Waals surface area contributed by atoms with Crippen LogP contribution < -0.4 is 20.1 Å². The lowest BCUT2D eigenvalue weighted by Gasteiger charge is -2.32. The number of nitrogens with zero attached hydrogens (tertiary/aromatic N) is 1. The molecule has 0 bridgehead atoms. The number of likely N-dealkylation sites (tertiary alicyclic amines) is 1. The molecule has 0 radical (unpaired) electrons. The molecule has 4 rings (SSSR count). The third-order valence-electron chi connectivity index (χ3n) is 6.79. The Labute approximate surface area is 222 Å². The smallest absolute Gasteiger partial charge is 0.257 e. The van der Waals surface area contributed by atoms with E-state index in [1.165, 1.54) is 7.11 Å². The Morgan fingerprint density at radius 3 is 2.39 bits per heavy atom. The minimum atomic E-state index is -0.224. The number of aryl methyl sites for hydroxylation is 1. The maximum absolute atomic E-state index is 13.3. The van der Waals surface area contributed by atoms with Crippen molar-refractivity contribution >= 4 is 23.4 Å². The lowest BCUT2D eigenvalue weighted by molar-refractivity contribution is -0.121. The fourth-order valence-electron chi connectivity index (χ4n) is 4.47. The summed E-state index contributed by atoms with van der Waals surface area (Å²) in [7, 11) is 3.10. The van der Waals surface area contributed by atoms with E-state index in [9.17, 15) is 14.4 Å². The molecule has 0 atom stereocenters. The van der Waals surface area contributed by atoms with E-state index < -0.39 is 0 Å². The monoisotopic (exact) mass is 515 g/mol. The quantitative estimate of drug-likeness (QED) is 0.463. The number of anilines is 1. The third kappa shape index (κ3) is 6.32. The second-order valence-electron chi connectivity index (χ2n) is 9.30. The van der Waals surface area contributed by atoms with Crippen molar-refractivity contribution in [3.8, 4) is 11.5 Å². The highest BCUT2D eigenvalue weighted by atomic mass is 16.5. The zero-order chi connectivity index (χ0) is 27.1. The Balaban J connectivity index is 1.35. The molecule has 1 fully saturated rings. The van der Waals surface area contributed by atoms with Gasteiger partial charge in [0.05, 0.1) is 12.7 Å². The molecule has 0 saturated carbocycles. The average molecular weight is 516 g/mol. The van der Waals surface area contributed by atoms with Gasteiger partial charge in [-0.2, -0.15) is 0 Å². The van der Waals surface area contributed by atoms with Gasteiger partial charge in [0.25, 0.3) is 11.8 Å². The van der Waals surface area contributed by atoms with Crippen LogP contribution in [0.2, 0.25) is 0 Å². The fraction of sp³-hybridized carbons (Fsp3) is 0.300. The Hall–Kier alpha value is -4.33. The number of amides is 3. The number of ether oxygens (including phenoxy) is 2. The molecule has 8 heteroatoms. The lowest BCUT2D eigenvalue weighted by Crippen LogP contribution is -2.41. The van der Waals surface area contributed by atoms with Crippen molar-refractivity contribution in [3.05, 3.63) is 89.0 Å².